The summed E-state index contributed by atoms with van der Waals surface area (Å²) >= 11 is 6.44. The molecule has 2 N–H and O–H groups in total. The lowest BCUT2D eigenvalue weighted by atomic mass is 10.0. The van der Waals surface area contributed by atoms with Crippen molar-refractivity contribution in [2.24, 2.45) is 0 Å². The van der Waals surface area contributed by atoms with E-state index in [9.17, 15) is 8.42 Å². The van der Waals surface area contributed by atoms with Crippen LogP contribution in [-0.4, -0.2) is 76.0 Å². The van der Waals surface area contributed by atoms with Gasteiger partial charge in [0.2, 0.25) is 5.95 Å². The van der Waals surface area contributed by atoms with E-state index in [-0.39, 0.29) is 10.8 Å². The third-order valence-corrected chi connectivity index (χ3v) is 9.07. The van der Waals surface area contributed by atoms with Gasteiger partial charge in [-0.2, -0.15) is 4.98 Å². The molecule has 0 spiro atoms. The quantitative estimate of drug-likeness (QED) is 0.302. The molecule has 0 aliphatic carbocycles. The third-order valence-electron chi connectivity index (χ3n) is 7.95. The van der Waals surface area contributed by atoms with Gasteiger partial charge in [-0.05, 0) is 81.1 Å². The van der Waals surface area contributed by atoms with E-state index < -0.39 is 9.84 Å². The Morgan fingerprint density at radius 2 is 1.74 bits per heavy atom. The van der Waals surface area contributed by atoms with Crippen molar-refractivity contribution >= 4 is 50.3 Å². The number of hydrogen-bond donors (Lipinski definition) is 2. The normalized spacial score (nSPS) is 16.5. The van der Waals surface area contributed by atoms with E-state index in [1.807, 2.05) is 0 Å². The van der Waals surface area contributed by atoms with Crippen LogP contribution in [0.25, 0.3) is 0 Å². The lowest BCUT2D eigenvalue weighted by molar-refractivity contribution is 0.208. The molecule has 2 aromatic carbocycles. The molecule has 0 saturated carbocycles. The summed E-state index contributed by atoms with van der Waals surface area (Å²) in [5.41, 5.74) is 4.14. The number of halogens is 1. The molecule has 5 rings (SSSR count). The summed E-state index contributed by atoms with van der Waals surface area (Å²) in [6.45, 7) is 6.64. The topological polar surface area (TPSA) is 109 Å². The molecule has 42 heavy (non-hydrogen) atoms. The monoisotopic (exact) mass is 614 g/mol. The highest BCUT2D eigenvalue weighted by atomic mass is 35.5. The minimum atomic E-state index is -3.30. The number of piperidine rings is 1. The Bertz CT molecular complexity index is 1520. The number of nitrogens with one attached hydrogen (secondary N) is 2. The number of anilines is 5. The Hall–Kier alpha value is -3.28. The van der Waals surface area contributed by atoms with Gasteiger partial charge in [0.25, 0.3) is 0 Å². The van der Waals surface area contributed by atoms with Crippen LogP contribution in [-0.2, 0) is 15.6 Å². The molecule has 0 amide bonds. The van der Waals surface area contributed by atoms with Crippen LogP contribution in [0.5, 0.6) is 11.5 Å². The van der Waals surface area contributed by atoms with Crippen LogP contribution in [0.15, 0.2) is 36.5 Å². The summed E-state index contributed by atoms with van der Waals surface area (Å²) in [5, 5.41) is 6.74. The average Bonchev–Trinajstić information content (AvgIpc) is 3.50. The Labute approximate surface area is 253 Å². The summed E-state index contributed by atoms with van der Waals surface area (Å²) in [6.07, 6.45) is 7.69. The van der Waals surface area contributed by atoms with Crippen molar-refractivity contribution in [2.45, 2.75) is 44.4 Å². The highest BCUT2D eigenvalue weighted by molar-refractivity contribution is 7.89. The van der Waals surface area contributed by atoms with Gasteiger partial charge in [0.05, 0.1) is 31.9 Å². The summed E-state index contributed by atoms with van der Waals surface area (Å²) in [7, 11) is -0.111. The summed E-state index contributed by atoms with van der Waals surface area (Å²) in [5.74, 6) is 1.73. The molecule has 0 atom stereocenters. The van der Waals surface area contributed by atoms with E-state index in [4.69, 9.17) is 21.1 Å². The number of ether oxygens (including phenoxy) is 2. The van der Waals surface area contributed by atoms with E-state index in [1.165, 1.54) is 64.0 Å². The van der Waals surface area contributed by atoms with Gasteiger partial charge < -0.3 is 29.9 Å². The van der Waals surface area contributed by atoms with Gasteiger partial charge in [-0.15, -0.1) is 0 Å². The average molecular weight is 615 g/mol. The SMILES string of the molecule is COc1ccc(Nc2nc(Nc3cc(C)c(N4CCC(N5CCCC5)CC4)cc3OC)ncc2Cl)c(CS(C)(=O)=O)c1. The second-order valence-corrected chi connectivity index (χ2v) is 13.6. The van der Waals surface area contributed by atoms with Crippen LogP contribution < -0.4 is 25.0 Å². The van der Waals surface area contributed by atoms with Crippen molar-refractivity contribution in [3.63, 3.8) is 0 Å². The van der Waals surface area contributed by atoms with Crippen molar-refractivity contribution in [2.75, 3.05) is 62.2 Å². The molecule has 2 aliphatic rings. The lowest BCUT2D eigenvalue weighted by Crippen LogP contribution is -2.44. The van der Waals surface area contributed by atoms with Gasteiger partial charge in [0.15, 0.2) is 15.7 Å². The zero-order valence-electron chi connectivity index (χ0n) is 24.6. The van der Waals surface area contributed by atoms with Gasteiger partial charge in [-0.3, -0.25) is 0 Å². The number of aryl methyl sites for hydroxylation is 1. The predicted octanol–water partition coefficient (Wildman–Crippen LogP) is 5.55. The minimum Gasteiger partial charge on any atom is -0.497 e. The number of sulfone groups is 1. The molecule has 0 radical (unpaired) electrons. The van der Waals surface area contributed by atoms with Gasteiger partial charge in [0, 0.05) is 42.8 Å². The number of aromatic nitrogens is 2. The number of benzene rings is 2. The number of hydrogen-bond acceptors (Lipinski definition) is 10. The first-order chi connectivity index (χ1) is 20.1. The van der Waals surface area contributed by atoms with Crippen molar-refractivity contribution in [1.29, 1.82) is 0 Å². The van der Waals surface area contributed by atoms with Crippen molar-refractivity contribution in [3.8, 4) is 11.5 Å². The van der Waals surface area contributed by atoms with E-state index >= 15 is 0 Å². The van der Waals surface area contributed by atoms with Crippen LogP contribution in [0.3, 0.4) is 0 Å². The predicted molar refractivity (Wildman–Crippen MR) is 169 cm³/mol. The van der Waals surface area contributed by atoms with Crippen LogP contribution in [0.2, 0.25) is 5.02 Å². The Balaban J connectivity index is 1.34. The summed E-state index contributed by atoms with van der Waals surface area (Å²) in [6, 6.07) is 9.99. The maximum atomic E-state index is 12.1. The Kier molecular flexibility index (Phi) is 9.29. The number of nitrogens with zero attached hydrogens (tertiary/aromatic N) is 4. The lowest BCUT2D eigenvalue weighted by Gasteiger charge is -2.38. The summed E-state index contributed by atoms with van der Waals surface area (Å²) in [4.78, 5) is 14.1. The van der Waals surface area contributed by atoms with Crippen LogP contribution in [0, 0.1) is 6.92 Å². The van der Waals surface area contributed by atoms with Crippen molar-refractivity contribution in [1.82, 2.24) is 14.9 Å². The standard InChI is InChI=1S/C30H39ClN6O4S/c1-20-15-26(28(41-3)17-27(20)37-13-9-22(10-14-37)36-11-5-6-12-36)34-30-32-18-24(31)29(35-30)33-25-8-7-23(40-2)16-21(25)19-42(4,38)39/h7-8,15-18,22H,5-6,9-14,19H2,1-4H3,(H2,32,33,34,35). The molecule has 1 aromatic heterocycles. The van der Waals surface area contributed by atoms with Crippen LogP contribution >= 0.6 is 11.6 Å². The molecule has 12 heteroatoms. The zero-order chi connectivity index (χ0) is 29.9. The number of methoxy groups -OCH3 is 2. The fourth-order valence-electron chi connectivity index (χ4n) is 5.85. The molecular formula is C30H39ClN6O4S. The molecule has 3 aromatic rings. The maximum absolute atomic E-state index is 12.1. The molecule has 2 saturated heterocycles. The molecule has 0 bridgehead atoms. The second kappa shape index (κ2) is 12.9. The van der Waals surface area contributed by atoms with Gasteiger partial charge in [-0.25, -0.2) is 13.4 Å². The van der Waals surface area contributed by atoms with Gasteiger partial charge in [0.1, 0.15) is 16.5 Å². The molecule has 3 heterocycles. The Morgan fingerprint density at radius 1 is 1.00 bits per heavy atom. The first-order valence-corrected chi connectivity index (χ1v) is 16.7. The Morgan fingerprint density at radius 3 is 2.40 bits per heavy atom. The molecule has 2 fully saturated rings. The largest absolute Gasteiger partial charge is 0.497 e. The minimum absolute atomic E-state index is 0.168. The molecular weight excluding hydrogens is 576 g/mol. The van der Waals surface area contributed by atoms with E-state index in [1.54, 1.807) is 25.3 Å². The number of rotatable bonds is 10. The fraction of sp³-hybridized carbons (Fsp3) is 0.467. The maximum Gasteiger partial charge on any atom is 0.229 e. The smallest absolute Gasteiger partial charge is 0.229 e. The van der Waals surface area contributed by atoms with Gasteiger partial charge >= 0.3 is 0 Å². The molecule has 226 valence electrons. The number of likely N-dealkylation sites (tertiary alicyclic amines) is 1. The highest BCUT2D eigenvalue weighted by Gasteiger charge is 2.27. The molecule has 0 unspecified atom stereocenters. The van der Waals surface area contributed by atoms with E-state index in [0.29, 0.717) is 40.6 Å². The fourth-order valence-corrected chi connectivity index (χ4v) is 6.79. The van der Waals surface area contributed by atoms with Crippen LogP contribution in [0.1, 0.15) is 36.8 Å². The van der Waals surface area contributed by atoms with Crippen LogP contribution in [0.4, 0.5) is 28.8 Å². The van der Waals surface area contributed by atoms with Crippen molar-refractivity contribution in [3.05, 3.63) is 52.7 Å². The van der Waals surface area contributed by atoms with Crippen molar-refractivity contribution < 1.29 is 17.9 Å². The summed E-state index contributed by atoms with van der Waals surface area (Å²) < 4.78 is 35.2. The van der Waals surface area contributed by atoms with Gasteiger partial charge in [-0.1, -0.05) is 11.6 Å². The molecule has 2 aliphatic heterocycles. The first-order valence-electron chi connectivity index (χ1n) is 14.2. The molecule has 10 nitrogen and oxygen atoms in total. The highest BCUT2D eigenvalue weighted by Crippen LogP contribution is 2.37. The first kappa shape index (κ1) is 30.2. The second-order valence-electron chi connectivity index (χ2n) is 11.0. The third kappa shape index (κ3) is 7.19. The van der Waals surface area contributed by atoms with E-state index in [2.05, 4.69) is 49.5 Å². The van der Waals surface area contributed by atoms with E-state index in [0.717, 1.165) is 24.3 Å². The zero-order valence-corrected chi connectivity index (χ0v) is 26.2.